The molecule has 220 valence electrons. The van der Waals surface area contributed by atoms with Crippen LogP contribution in [-0.2, 0) is 0 Å². The lowest BCUT2D eigenvalue weighted by molar-refractivity contribution is 1.16. The van der Waals surface area contributed by atoms with E-state index < -0.39 is 0 Å². The van der Waals surface area contributed by atoms with Crippen LogP contribution in [0.3, 0.4) is 0 Å². The molecule has 0 atom stereocenters. The van der Waals surface area contributed by atoms with Crippen molar-refractivity contribution in [3.8, 4) is 56.2 Å². The van der Waals surface area contributed by atoms with Gasteiger partial charge in [0.15, 0.2) is 0 Å². The van der Waals surface area contributed by atoms with Crippen molar-refractivity contribution in [3.05, 3.63) is 176 Å². The van der Waals surface area contributed by atoms with E-state index in [2.05, 4.69) is 155 Å². The van der Waals surface area contributed by atoms with Gasteiger partial charge in [-0.2, -0.15) is 0 Å². The highest BCUT2D eigenvalue weighted by Crippen LogP contribution is 2.45. The highest BCUT2D eigenvalue weighted by Gasteiger charge is 2.18. The molecule has 0 amide bonds. The SMILES string of the molecule is c1ccc(-c2c3ccccc3c(-c3ccccc3)c3cc(-c4cccc(-c5nc(-c6ccccn6)c6ccccn56)c4)ccc23)cc1. The van der Waals surface area contributed by atoms with Crippen molar-refractivity contribution in [2.75, 3.05) is 0 Å². The van der Waals surface area contributed by atoms with E-state index in [0.717, 1.165) is 39.4 Å². The maximum absolute atomic E-state index is 5.15. The van der Waals surface area contributed by atoms with Gasteiger partial charge in [0, 0.05) is 18.0 Å². The van der Waals surface area contributed by atoms with Gasteiger partial charge in [-0.15, -0.1) is 0 Å². The van der Waals surface area contributed by atoms with Crippen LogP contribution in [0.4, 0.5) is 0 Å². The third-order valence-corrected chi connectivity index (χ3v) is 9.06. The van der Waals surface area contributed by atoms with Gasteiger partial charge in [-0.1, -0.05) is 127 Å². The summed E-state index contributed by atoms with van der Waals surface area (Å²) in [6.45, 7) is 0. The van der Waals surface area contributed by atoms with Gasteiger partial charge in [0.1, 0.15) is 11.5 Å². The number of fused-ring (bicyclic) bond motifs is 3. The number of hydrogen-bond donors (Lipinski definition) is 0. The summed E-state index contributed by atoms with van der Waals surface area (Å²) in [6.07, 6.45) is 3.90. The lowest BCUT2D eigenvalue weighted by Gasteiger charge is -2.18. The molecule has 3 aromatic heterocycles. The van der Waals surface area contributed by atoms with E-state index >= 15 is 0 Å². The normalized spacial score (nSPS) is 11.4. The van der Waals surface area contributed by atoms with Crippen LogP contribution in [0.1, 0.15) is 0 Å². The van der Waals surface area contributed by atoms with E-state index in [1.165, 1.54) is 43.8 Å². The Morgan fingerprint density at radius 1 is 0.404 bits per heavy atom. The first-order valence-corrected chi connectivity index (χ1v) is 15.9. The second-order valence-electron chi connectivity index (χ2n) is 11.8. The van der Waals surface area contributed by atoms with Crippen molar-refractivity contribution >= 4 is 27.1 Å². The lowest BCUT2D eigenvalue weighted by Crippen LogP contribution is -1.92. The molecule has 0 saturated heterocycles. The average Bonchev–Trinajstić information content (AvgIpc) is 3.54. The molecule has 9 rings (SSSR count). The molecular formula is C44H29N3. The first-order valence-electron chi connectivity index (χ1n) is 15.9. The number of rotatable bonds is 5. The Morgan fingerprint density at radius 2 is 1.00 bits per heavy atom. The number of hydrogen-bond acceptors (Lipinski definition) is 2. The maximum atomic E-state index is 5.15. The topological polar surface area (TPSA) is 30.2 Å². The van der Waals surface area contributed by atoms with Crippen LogP contribution in [0.5, 0.6) is 0 Å². The second kappa shape index (κ2) is 11.2. The molecule has 0 unspecified atom stereocenters. The summed E-state index contributed by atoms with van der Waals surface area (Å²) >= 11 is 0. The third-order valence-electron chi connectivity index (χ3n) is 9.06. The molecule has 0 aliphatic heterocycles. The maximum Gasteiger partial charge on any atom is 0.145 e. The molecular weight excluding hydrogens is 571 g/mol. The average molecular weight is 600 g/mol. The molecule has 0 fully saturated rings. The third kappa shape index (κ3) is 4.60. The van der Waals surface area contributed by atoms with Crippen LogP contribution in [0.15, 0.2) is 176 Å². The Kier molecular flexibility index (Phi) is 6.46. The zero-order valence-corrected chi connectivity index (χ0v) is 25.6. The van der Waals surface area contributed by atoms with Crippen LogP contribution < -0.4 is 0 Å². The molecule has 0 bridgehead atoms. The van der Waals surface area contributed by atoms with Crippen LogP contribution in [-0.4, -0.2) is 14.4 Å². The molecule has 3 heterocycles. The largest absolute Gasteiger partial charge is 0.299 e. The summed E-state index contributed by atoms with van der Waals surface area (Å²) in [6, 6.07) is 58.2. The van der Waals surface area contributed by atoms with Crippen molar-refractivity contribution in [2.45, 2.75) is 0 Å². The summed E-state index contributed by atoms with van der Waals surface area (Å²) in [4.78, 5) is 9.76. The molecule has 0 radical (unpaired) electrons. The van der Waals surface area contributed by atoms with Crippen LogP contribution >= 0.6 is 0 Å². The monoisotopic (exact) mass is 599 g/mol. The fraction of sp³-hybridized carbons (Fsp3) is 0. The molecule has 47 heavy (non-hydrogen) atoms. The molecule has 0 spiro atoms. The molecule has 9 aromatic rings. The highest BCUT2D eigenvalue weighted by atomic mass is 15.0. The van der Waals surface area contributed by atoms with E-state index in [1.807, 2.05) is 30.5 Å². The minimum absolute atomic E-state index is 0.864. The quantitative estimate of drug-likeness (QED) is 0.184. The first-order chi connectivity index (χ1) is 23.3. The Morgan fingerprint density at radius 3 is 1.72 bits per heavy atom. The van der Waals surface area contributed by atoms with Crippen molar-refractivity contribution in [2.24, 2.45) is 0 Å². The summed E-state index contributed by atoms with van der Waals surface area (Å²) < 4.78 is 2.16. The predicted molar refractivity (Wildman–Crippen MR) is 195 cm³/mol. The molecule has 3 nitrogen and oxygen atoms in total. The summed E-state index contributed by atoms with van der Waals surface area (Å²) in [5, 5.41) is 4.99. The number of benzene rings is 6. The molecule has 0 N–H and O–H groups in total. The molecule has 0 saturated carbocycles. The van der Waals surface area contributed by atoms with E-state index in [0.29, 0.717) is 0 Å². The van der Waals surface area contributed by atoms with Gasteiger partial charge in [0.05, 0.1) is 11.2 Å². The second-order valence-corrected chi connectivity index (χ2v) is 11.8. The van der Waals surface area contributed by atoms with Gasteiger partial charge >= 0.3 is 0 Å². The summed E-state index contributed by atoms with van der Waals surface area (Å²) in [5.74, 6) is 0.895. The van der Waals surface area contributed by atoms with Crippen molar-refractivity contribution < 1.29 is 0 Å². The fourth-order valence-electron chi connectivity index (χ4n) is 6.96. The first kappa shape index (κ1) is 27.0. The van der Waals surface area contributed by atoms with Gasteiger partial charge in [-0.25, -0.2) is 4.98 Å². The number of aromatic nitrogens is 3. The minimum Gasteiger partial charge on any atom is -0.299 e. The zero-order valence-electron chi connectivity index (χ0n) is 25.6. The number of imidazole rings is 1. The van der Waals surface area contributed by atoms with Crippen LogP contribution in [0.2, 0.25) is 0 Å². The van der Waals surface area contributed by atoms with Gasteiger partial charge in [-0.05, 0) is 91.3 Å². The van der Waals surface area contributed by atoms with Crippen molar-refractivity contribution in [1.29, 1.82) is 0 Å². The van der Waals surface area contributed by atoms with Gasteiger partial charge in [0.2, 0.25) is 0 Å². The number of nitrogens with zero attached hydrogens (tertiary/aromatic N) is 3. The highest BCUT2D eigenvalue weighted by molar-refractivity contribution is 6.22. The molecule has 6 aromatic carbocycles. The molecule has 0 aliphatic rings. The Labute approximate surface area is 273 Å². The summed E-state index contributed by atoms with van der Waals surface area (Å²) in [7, 11) is 0. The van der Waals surface area contributed by atoms with Gasteiger partial charge in [0.25, 0.3) is 0 Å². The Hall–Kier alpha value is -6.32. The van der Waals surface area contributed by atoms with Gasteiger partial charge in [-0.3, -0.25) is 9.38 Å². The zero-order chi connectivity index (χ0) is 31.2. The van der Waals surface area contributed by atoms with Crippen LogP contribution in [0, 0.1) is 0 Å². The lowest BCUT2D eigenvalue weighted by atomic mass is 9.85. The standard InChI is InChI=1S/C44H29N3/c1-3-14-30(15-4-1)41-35-20-7-8-21-36(35)42(31-16-5-2-6-17-31)38-29-33(24-25-37(38)41)32-18-13-19-34(28-32)44-46-43(39-22-9-11-26-45-39)40-23-10-12-27-47(40)44/h1-29H. The van der Waals surface area contributed by atoms with Crippen molar-refractivity contribution in [3.63, 3.8) is 0 Å². The predicted octanol–water partition coefficient (Wildman–Crippen LogP) is 11.4. The fourth-order valence-corrected chi connectivity index (χ4v) is 6.96. The van der Waals surface area contributed by atoms with Crippen molar-refractivity contribution in [1.82, 2.24) is 14.4 Å². The Balaban J connectivity index is 1.27. The summed E-state index contributed by atoms with van der Waals surface area (Å²) in [5.41, 5.74) is 11.1. The smallest absolute Gasteiger partial charge is 0.145 e. The van der Waals surface area contributed by atoms with E-state index in [4.69, 9.17) is 4.98 Å². The van der Waals surface area contributed by atoms with E-state index in [9.17, 15) is 0 Å². The van der Waals surface area contributed by atoms with E-state index in [1.54, 1.807) is 0 Å². The van der Waals surface area contributed by atoms with Gasteiger partial charge < -0.3 is 0 Å². The minimum atomic E-state index is 0.864. The van der Waals surface area contributed by atoms with Crippen LogP contribution in [0.25, 0.3) is 83.2 Å². The number of pyridine rings is 2. The molecule has 0 aliphatic carbocycles. The Bertz CT molecular complexity index is 2550. The molecule has 3 heteroatoms. The van der Waals surface area contributed by atoms with E-state index in [-0.39, 0.29) is 0 Å².